The van der Waals surface area contributed by atoms with Gasteiger partial charge in [0.15, 0.2) is 17.3 Å². The van der Waals surface area contributed by atoms with Gasteiger partial charge in [-0.2, -0.15) is 4.98 Å². The minimum absolute atomic E-state index is 0.206. The van der Waals surface area contributed by atoms with Crippen LogP contribution in [0.25, 0.3) is 11.1 Å². The number of oxazole rings is 1. The first kappa shape index (κ1) is 17.1. The molecule has 0 bridgehead atoms. The molecule has 0 spiro atoms. The number of hydrogen-bond donors (Lipinski definition) is 1. The van der Waals surface area contributed by atoms with E-state index in [1.165, 1.54) is 0 Å². The molecule has 0 aliphatic carbocycles. The maximum absolute atomic E-state index is 12.6. The number of fused-ring (bicyclic) bond motifs is 1. The molecule has 2 aromatic heterocycles. The lowest BCUT2D eigenvalue weighted by atomic mass is 10.1. The molecule has 0 saturated carbocycles. The number of carbonyl (C=O) groups is 1. The monoisotopic (exact) mass is 342 g/mol. The van der Waals surface area contributed by atoms with E-state index < -0.39 is 0 Å². The van der Waals surface area contributed by atoms with E-state index in [-0.39, 0.29) is 11.9 Å². The largest absolute Gasteiger partial charge is 0.441 e. The molecule has 25 heavy (non-hydrogen) atoms. The van der Waals surface area contributed by atoms with Crippen LogP contribution < -0.4 is 5.32 Å². The summed E-state index contributed by atoms with van der Waals surface area (Å²) in [7, 11) is 0. The van der Waals surface area contributed by atoms with Gasteiger partial charge >= 0.3 is 0 Å². The molecule has 1 amide bonds. The normalized spacial score (nSPS) is 12.4. The molecule has 0 unspecified atom stereocenters. The number of nitrogens with one attached hydrogen (secondary N) is 1. The van der Waals surface area contributed by atoms with Crippen molar-refractivity contribution in [2.75, 3.05) is 0 Å². The molecule has 3 aromatic rings. The van der Waals surface area contributed by atoms with E-state index >= 15 is 0 Å². The number of rotatable bonds is 7. The van der Waals surface area contributed by atoms with Crippen molar-refractivity contribution in [3.8, 4) is 0 Å². The van der Waals surface area contributed by atoms with E-state index in [4.69, 9.17) is 8.94 Å². The molecule has 0 aliphatic rings. The number of aromatic nitrogens is 3. The van der Waals surface area contributed by atoms with Crippen molar-refractivity contribution in [1.82, 2.24) is 20.4 Å². The number of amides is 1. The van der Waals surface area contributed by atoms with Gasteiger partial charge in [0.25, 0.3) is 5.91 Å². The summed E-state index contributed by atoms with van der Waals surface area (Å²) in [5.74, 6) is 1.47. The van der Waals surface area contributed by atoms with Crippen molar-refractivity contribution in [2.45, 2.75) is 52.5 Å². The van der Waals surface area contributed by atoms with E-state index in [1.807, 2.05) is 6.92 Å². The van der Waals surface area contributed by atoms with Gasteiger partial charge < -0.3 is 14.3 Å². The van der Waals surface area contributed by atoms with Crippen LogP contribution in [-0.4, -0.2) is 21.0 Å². The third-order valence-electron chi connectivity index (χ3n) is 3.99. The molecule has 0 saturated heterocycles. The second-order valence-electron chi connectivity index (χ2n) is 6.01. The molecule has 0 fully saturated rings. The first-order valence-electron chi connectivity index (χ1n) is 8.61. The zero-order valence-corrected chi connectivity index (χ0v) is 14.7. The molecular weight excluding hydrogens is 320 g/mol. The minimum atomic E-state index is -0.318. The van der Waals surface area contributed by atoms with Crippen LogP contribution in [0, 0.1) is 6.92 Å². The Labute approximate surface area is 145 Å². The third-order valence-corrected chi connectivity index (χ3v) is 3.99. The maximum Gasteiger partial charge on any atom is 0.252 e. The molecule has 132 valence electrons. The quantitative estimate of drug-likeness (QED) is 0.703. The summed E-state index contributed by atoms with van der Waals surface area (Å²) in [4.78, 5) is 21.2. The van der Waals surface area contributed by atoms with Gasteiger partial charge in [0.1, 0.15) is 11.6 Å². The average molecular weight is 342 g/mol. The third kappa shape index (κ3) is 3.87. The summed E-state index contributed by atoms with van der Waals surface area (Å²) in [6.07, 6.45) is 3.57. The lowest BCUT2D eigenvalue weighted by Crippen LogP contribution is -2.28. The highest BCUT2D eigenvalue weighted by Crippen LogP contribution is 2.20. The summed E-state index contributed by atoms with van der Waals surface area (Å²) >= 11 is 0. The van der Waals surface area contributed by atoms with Crippen LogP contribution in [0.15, 0.2) is 27.1 Å². The number of hydrogen-bond acceptors (Lipinski definition) is 6. The molecular formula is C18H22N4O3. The smallest absolute Gasteiger partial charge is 0.252 e. The van der Waals surface area contributed by atoms with Gasteiger partial charge in [0.2, 0.25) is 5.89 Å². The Kier molecular flexibility index (Phi) is 5.11. The Balaban J connectivity index is 1.76. The number of benzene rings is 1. The van der Waals surface area contributed by atoms with Crippen molar-refractivity contribution >= 4 is 17.0 Å². The predicted octanol–water partition coefficient (Wildman–Crippen LogP) is 3.74. The Morgan fingerprint density at radius 1 is 1.28 bits per heavy atom. The van der Waals surface area contributed by atoms with Crippen molar-refractivity contribution in [1.29, 1.82) is 0 Å². The van der Waals surface area contributed by atoms with Crippen LogP contribution >= 0.6 is 0 Å². The average Bonchev–Trinajstić information content (AvgIpc) is 3.22. The Hall–Kier alpha value is -2.70. The van der Waals surface area contributed by atoms with Gasteiger partial charge in [-0.1, -0.05) is 25.4 Å². The van der Waals surface area contributed by atoms with Crippen LogP contribution in [0.4, 0.5) is 0 Å². The van der Waals surface area contributed by atoms with Crippen LogP contribution in [-0.2, 0) is 6.42 Å². The zero-order chi connectivity index (χ0) is 17.8. The summed E-state index contributed by atoms with van der Waals surface area (Å²) in [5.41, 5.74) is 1.92. The van der Waals surface area contributed by atoms with E-state index in [0.717, 1.165) is 19.3 Å². The fourth-order valence-corrected chi connectivity index (χ4v) is 2.59. The molecule has 0 radical (unpaired) electrons. The second kappa shape index (κ2) is 7.46. The van der Waals surface area contributed by atoms with Gasteiger partial charge in [0.05, 0.1) is 0 Å². The maximum atomic E-state index is 12.6. The lowest BCUT2D eigenvalue weighted by molar-refractivity contribution is 0.0927. The number of aryl methyl sites for hydroxylation is 2. The minimum Gasteiger partial charge on any atom is -0.441 e. The van der Waals surface area contributed by atoms with Crippen molar-refractivity contribution in [3.05, 3.63) is 41.4 Å². The highest BCUT2D eigenvalue weighted by atomic mass is 16.5. The molecule has 1 atom stereocenters. The first-order valence-corrected chi connectivity index (χ1v) is 8.61. The van der Waals surface area contributed by atoms with Gasteiger partial charge in [-0.15, -0.1) is 0 Å². The van der Waals surface area contributed by atoms with Gasteiger partial charge in [-0.05, 0) is 38.0 Å². The summed E-state index contributed by atoms with van der Waals surface area (Å²) in [5, 5.41) is 6.70. The molecule has 0 aliphatic heterocycles. The number of unbranched alkanes of at least 4 members (excludes halogenated alkanes) is 1. The molecule has 3 rings (SSSR count). The van der Waals surface area contributed by atoms with E-state index in [1.54, 1.807) is 25.1 Å². The van der Waals surface area contributed by atoms with E-state index in [0.29, 0.717) is 40.7 Å². The SMILES string of the molecule is CCCCc1nc2cc(C(=O)N[C@@H](CC)c3nc(C)no3)ccc2o1. The Bertz CT molecular complexity index is 868. The summed E-state index contributed by atoms with van der Waals surface area (Å²) in [6, 6.07) is 4.94. The number of carbonyl (C=O) groups excluding carboxylic acids is 1. The highest BCUT2D eigenvalue weighted by molar-refractivity contribution is 5.97. The van der Waals surface area contributed by atoms with Crippen molar-refractivity contribution in [3.63, 3.8) is 0 Å². The molecule has 7 nitrogen and oxygen atoms in total. The first-order chi connectivity index (χ1) is 12.1. The van der Waals surface area contributed by atoms with Gasteiger partial charge in [-0.25, -0.2) is 4.98 Å². The molecule has 1 N–H and O–H groups in total. The molecule has 2 heterocycles. The van der Waals surface area contributed by atoms with Crippen molar-refractivity contribution < 1.29 is 13.7 Å². The topological polar surface area (TPSA) is 94.1 Å². The van der Waals surface area contributed by atoms with Crippen LogP contribution in [0.2, 0.25) is 0 Å². The molecule has 1 aromatic carbocycles. The summed E-state index contributed by atoms with van der Waals surface area (Å²) in [6.45, 7) is 5.82. The van der Waals surface area contributed by atoms with Crippen LogP contribution in [0.5, 0.6) is 0 Å². The fourth-order valence-electron chi connectivity index (χ4n) is 2.59. The Morgan fingerprint density at radius 2 is 2.12 bits per heavy atom. The van der Waals surface area contributed by atoms with Crippen molar-refractivity contribution in [2.24, 2.45) is 0 Å². The summed E-state index contributed by atoms with van der Waals surface area (Å²) < 4.78 is 10.9. The fraction of sp³-hybridized carbons (Fsp3) is 0.444. The van der Waals surface area contributed by atoms with E-state index in [2.05, 4.69) is 27.4 Å². The Morgan fingerprint density at radius 3 is 2.80 bits per heavy atom. The molecule has 7 heteroatoms. The van der Waals surface area contributed by atoms with Gasteiger partial charge in [0, 0.05) is 12.0 Å². The zero-order valence-electron chi connectivity index (χ0n) is 14.7. The second-order valence-corrected chi connectivity index (χ2v) is 6.01. The predicted molar refractivity (Wildman–Crippen MR) is 92.2 cm³/mol. The van der Waals surface area contributed by atoms with Crippen LogP contribution in [0.1, 0.15) is 67.1 Å². The lowest BCUT2D eigenvalue weighted by Gasteiger charge is -2.12. The highest BCUT2D eigenvalue weighted by Gasteiger charge is 2.20. The number of nitrogens with zero attached hydrogens (tertiary/aromatic N) is 3. The van der Waals surface area contributed by atoms with Crippen LogP contribution in [0.3, 0.4) is 0 Å². The van der Waals surface area contributed by atoms with Gasteiger partial charge in [-0.3, -0.25) is 4.79 Å². The van der Waals surface area contributed by atoms with E-state index in [9.17, 15) is 4.79 Å². The standard InChI is InChI=1S/C18H22N4O3/c1-4-6-7-16-20-14-10-12(8-9-15(14)24-16)17(23)21-13(5-2)18-19-11(3)22-25-18/h8-10,13H,4-7H2,1-3H3,(H,21,23)/t13-/m0/s1.